The van der Waals surface area contributed by atoms with Crippen molar-refractivity contribution in [2.45, 2.75) is 70.7 Å². The Morgan fingerprint density at radius 2 is 1.52 bits per heavy atom. The highest BCUT2D eigenvalue weighted by Crippen LogP contribution is 2.30. The highest BCUT2D eigenvalue weighted by molar-refractivity contribution is 6.61. The summed E-state index contributed by atoms with van der Waals surface area (Å²) in [7, 11) is 2.07. The van der Waals surface area contributed by atoms with Crippen LogP contribution < -0.4 is 5.46 Å². The standard InChI is InChI=1S/C24H32BO2.2H2O/c1-4-7-10-19-22(5-2)27-23(26)24(6-3,20-15-11-8-12-16-20)25-21-17-13-9-14-18-21;;/h8-9,11-18,22H,4-7,10,19H2,1-3H3;2*1H2/t22?,24-;;/m0../s1. The van der Waals surface area contributed by atoms with E-state index in [0.29, 0.717) is 6.42 Å². The fourth-order valence-electron chi connectivity index (χ4n) is 3.50. The molecule has 0 aliphatic heterocycles. The van der Waals surface area contributed by atoms with Crippen LogP contribution >= 0.6 is 0 Å². The van der Waals surface area contributed by atoms with Crippen molar-refractivity contribution in [2.24, 2.45) is 0 Å². The molecule has 159 valence electrons. The third kappa shape index (κ3) is 7.34. The number of benzene rings is 2. The monoisotopic (exact) mass is 399 g/mol. The molecule has 2 aromatic rings. The number of hydrogen-bond donors (Lipinski definition) is 0. The van der Waals surface area contributed by atoms with Crippen molar-refractivity contribution < 1.29 is 20.5 Å². The molecule has 29 heavy (non-hydrogen) atoms. The first-order valence-electron chi connectivity index (χ1n) is 10.3. The van der Waals surface area contributed by atoms with Gasteiger partial charge < -0.3 is 15.7 Å². The molecule has 0 aliphatic carbocycles. The molecular formula is C24H36BO4. The van der Waals surface area contributed by atoms with Crippen LogP contribution in [0.3, 0.4) is 0 Å². The maximum absolute atomic E-state index is 13.4. The first kappa shape index (κ1) is 26.9. The van der Waals surface area contributed by atoms with E-state index in [2.05, 4.69) is 28.1 Å². The third-order valence-electron chi connectivity index (χ3n) is 5.28. The van der Waals surface area contributed by atoms with Gasteiger partial charge in [0.2, 0.25) is 0 Å². The van der Waals surface area contributed by atoms with Crippen molar-refractivity contribution >= 4 is 18.7 Å². The number of hydrogen-bond acceptors (Lipinski definition) is 2. The van der Waals surface area contributed by atoms with Crippen LogP contribution in [0, 0.1) is 0 Å². The van der Waals surface area contributed by atoms with Gasteiger partial charge >= 0.3 is 5.97 Å². The molecule has 0 heterocycles. The zero-order valence-corrected chi connectivity index (χ0v) is 18.0. The molecular weight excluding hydrogens is 363 g/mol. The Hall–Kier alpha value is -2.11. The molecule has 0 fully saturated rings. The Bertz CT molecular complexity index is 678. The second-order valence-corrected chi connectivity index (χ2v) is 7.18. The summed E-state index contributed by atoms with van der Waals surface area (Å²) in [5.74, 6) is -0.136. The van der Waals surface area contributed by atoms with Crippen LogP contribution in [0.1, 0.15) is 64.9 Å². The Morgan fingerprint density at radius 3 is 2.03 bits per heavy atom. The van der Waals surface area contributed by atoms with E-state index < -0.39 is 5.31 Å². The van der Waals surface area contributed by atoms with Gasteiger partial charge in [-0.05, 0) is 31.2 Å². The van der Waals surface area contributed by atoms with Crippen LogP contribution in [0.5, 0.6) is 0 Å². The Morgan fingerprint density at radius 1 is 0.931 bits per heavy atom. The first-order chi connectivity index (χ1) is 13.2. The Balaban J connectivity index is 0.00000392. The predicted molar refractivity (Wildman–Crippen MR) is 122 cm³/mol. The van der Waals surface area contributed by atoms with Crippen molar-refractivity contribution in [3.63, 3.8) is 0 Å². The molecule has 0 saturated carbocycles. The first-order valence-corrected chi connectivity index (χ1v) is 10.3. The van der Waals surface area contributed by atoms with E-state index in [1.165, 1.54) is 12.8 Å². The Labute approximate surface area is 176 Å². The van der Waals surface area contributed by atoms with Crippen LogP contribution in [0.4, 0.5) is 0 Å². The van der Waals surface area contributed by atoms with Crippen molar-refractivity contribution in [3.05, 3.63) is 66.2 Å². The van der Waals surface area contributed by atoms with E-state index >= 15 is 0 Å². The fourth-order valence-corrected chi connectivity index (χ4v) is 3.50. The van der Waals surface area contributed by atoms with Gasteiger partial charge in [0.15, 0.2) is 7.28 Å². The highest BCUT2D eigenvalue weighted by Gasteiger charge is 2.41. The maximum Gasteiger partial charge on any atom is 0.308 e. The zero-order valence-electron chi connectivity index (χ0n) is 18.0. The molecule has 1 radical (unpaired) electrons. The quantitative estimate of drug-likeness (QED) is 0.328. The molecule has 2 atom stereocenters. The van der Waals surface area contributed by atoms with Crippen LogP contribution in [0.2, 0.25) is 0 Å². The smallest absolute Gasteiger partial charge is 0.308 e. The molecule has 0 saturated heterocycles. The maximum atomic E-state index is 13.4. The summed E-state index contributed by atoms with van der Waals surface area (Å²) in [5.41, 5.74) is 2.03. The summed E-state index contributed by atoms with van der Waals surface area (Å²) in [5, 5.41) is -0.763. The average Bonchev–Trinajstić information content (AvgIpc) is 2.72. The van der Waals surface area contributed by atoms with Gasteiger partial charge in [-0.3, -0.25) is 4.79 Å². The van der Waals surface area contributed by atoms with Gasteiger partial charge in [-0.1, -0.05) is 99.7 Å². The van der Waals surface area contributed by atoms with Crippen molar-refractivity contribution in [1.82, 2.24) is 0 Å². The normalized spacial score (nSPS) is 13.2. The van der Waals surface area contributed by atoms with Crippen molar-refractivity contribution in [1.29, 1.82) is 0 Å². The Kier molecular flexibility index (Phi) is 13.0. The summed E-state index contributed by atoms with van der Waals surface area (Å²) in [4.78, 5) is 13.4. The molecule has 2 rings (SSSR count). The van der Waals surface area contributed by atoms with E-state index in [9.17, 15) is 4.79 Å². The van der Waals surface area contributed by atoms with Crippen LogP contribution in [-0.4, -0.2) is 30.3 Å². The molecule has 5 heteroatoms. The second kappa shape index (κ2) is 14.0. The molecule has 4 nitrogen and oxygen atoms in total. The molecule has 0 bridgehead atoms. The van der Waals surface area contributed by atoms with E-state index in [1.807, 2.05) is 60.7 Å². The van der Waals surface area contributed by atoms with E-state index in [-0.39, 0.29) is 23.0 Å². The fraction of sp³-hybridized carbons (Fsp3) is 0.458. The zero-order chi connectivity index (χ0) is 19.5. The number of esters is 1. The number of carbonyl (C=O) groups excluding carboxylic acids is 1. The lowest BCUT2D eigenvalue weighted by atomic mass is 9.45. The molecule has 4 N–H and O–H groups in total. The van der Waals surface area contributed by atoms with Crippen LogP contribution in [0.25, 0.3) is 0 Å². The average molecular weight is 399 g/mol. The second-order valence-electron chi connectivity index (χ2n) is 7.18. The third-order valence-corrected chi connectivity index (χ3v) is 5.28. The summed E-state index contributed by atoms with van der Waals surface area (Å²) >= 11 is 0. The molecule has 0 amide bonds. The molecule has 0 aliphatic rings. The van der Waals surface area contributed by atoms with Gasteiger partial charge in [-0.15, -0.1) is 0 Å². The van der Waals surface area contributed by atoms with Crippen LogP contribution in [0.15, 0.2) is 60.7 Å². The molecule has 0 spiro atoms. The minimum absolute atomic E-state index is 0. The highest BCUT2D eigenvalue weighted by atomic mass is 16.5. The summed E-state index contributed by atoms with van der Waals surface area (Å²) in [6, 6.07) is 20.1. The predicted octanol–water partition coefficient (Wildman–Crippen LogP) is 3.57. The minimum Gasteiger partial charge on any atom is -0.462 e. The summed E-state index contributed by atoms with van der Waals surface area (Å²) in [6.45, 7) is 6.35. The van der Waals surface area contributed by atoms with Crippen molar-refractivity contribution in [2.75, 3.05) is 0 Å². The molecule has 0 aromatic heterocycles. The topological polar surface area (TPSA) is 89.3 Å². The van der Waals surface area contributed by atoms with E-state index in [0.717, 1.165) is 30.3 Å². The summed E-state index contributed by atoms with van der Waals surface area (Å²) < 4.78 is 6.06. The lowest BCUT2D eigenvalue weighted by Gasteiger charge is -2.32. The molecule has 1 unspecified atom stereocenters. The van der Waals surface area contributed by atoms with Crippen molar-refractivity contribution in [3.8, 4) is 0 Å². The van der Waals surface area contributed by atoms with E-state index in [1.54, 1.807) is 0 Å². The lowest BCUT2D eigenvalue weighted by molar-refractivity contribution is -0.153. The van der Waals surface area contributed by atoms with Gasteiger partial charge in [0.1, 0.15) is 6.10 Å². The molecule has 2 aromatic carbocycles. The number of ether oxygens (including phenoxy) is 1. The van der Waals surface area contributed by atoms with Gasteiger partial charge in [-0.25, -0.2) is 0 Å². The number of carbonyl (C=O) groups is 1. The number of rotatable bonds is 11. The largest absolute Gasteiger partial charge is 0.462 e. The lowest BCUT2D eigenvalue weighted by Crippen LogP contribution is -2.48. The van der Waals surface area contributed by atoms with E-state index in [4.69, 9.17) is 4.74 Å². The SMILES string of the molecule is CCCCCC(CC)OC(=O)[C@]([B]c1ccccc1)(CC)c1ccccc1.O.O. The van der Waals surface area contributed by atoms with Gasteiger partial charge in [-0.2, -0.15) is 0 Å². The number of unbranched alkanes of at least 4 members (excludes halogenated alkanes) is 2. The van der Waals surface area contributed by atoms with Crippen LogP contribution in [-0.2, 0) is 14.8 Å². The van der Waals surface area contributed by atoms with Gasteiger partial charge in [0.25, 0.3) is 0 Å². The van der Waals surface area contributed by atoms with Gasteiger partial charge in [0.05, 0.1) is 5.31 Å². The summed E-state index contributed by atoms with van der Waals surface area (Å²) in [6.07, 6.45) is 5.91. The van der Waals surface area contributed by atoms with Gasteiger partial charge in [0, 0.05) is 0 Å². The minimum atomic E-state index is -0.763.